The Labute approximate surface area is 117 Å². The molecule has 4 heteroatoms. The summed E-state index contributed by atoms with van der Waals surface area (Å²) in [6.07, 6.45) is 1.06. The summed E-state index contributed by atoms with van der Waals surface area (Å²) in [5, 5.41) is 21.6. The van der Waals surface area contributed by atoms with E-state index in [1.165, 1.54) is 0 Å². The van der Waals surface area contributed by atoms with Crippen LogP contribution in [-0.2, 0) is 0 Å². The molecule has 0 radical (unpaired) electrons. The molecule has 0 aliphatic carbocycles. The van der Waals surface area contributed by atoms with Gasteiger partial charge in [0.2, 0.25) is 0 Å². The topological polar surface area (TPSA) is 68.1 Å². The lowest BCUT2D eigenvalue weighted by Crippen LogP contribution is -2.35. The largest absolute Gasteiger partial charge is 0.364 e. The normalized spacial score (nSPS) is 12.5. The quantitative estimate of drug-likeness (QED) is 0.441. The second-order valence-electron chi connectivity index (χ2n) is 4.19. The maximum Gasteiger partial charge on any atom is 0.136 e. The maximum atomic E-state index is 9.26. The van der Waals surface area contributed by atoms with Crippen LogP contribution in [-0.4, -0.2) is 11.4 Å². The molecular formula is C16H15N3O. The highest BCUT2D eigenvalue weighted by Gasteiger charge is 2.12. The summed E-state index contributed by atoms with van der Waals surface area (Å²) in [7, 11) is 0. The second kappa shape index (κ2) is 7.10. The molecule has 0 amide bonds. The third-order valence-corrected chi connectivity index (χ3v) is 2.78. The minimum absolute atomic E-state index is 0.391. The van der Waals surface area contributed by atoms with Crippen molar-refractivity contribution in [1.29, 1.82) is 5.26 Å². The van der Waals surface area contributed by atoms with Crippen LogP contribution in [0.25, 0.3) is 6.08 Å². The van der Waals surface area contributed by atoms with Crippen LogP contribution in [0.2, 0.25) is 0 Å². The molecule has 0 bridgehead atoms. The van der Waals surface area contributed by atoms with Gasteiger partial charge in [-0.05, 0) is 23.8 Å². The summed E-state index contributed by atoms with van der Waals surface area (Å²) in [5.41, 5.74) is 4.23. The Balaban J connectivity index is 2.20. The zero-order valence-corrected chi connectivity index (χ0v) is 10.8. The predicted molar refractivity (Wildman–Crippen MR) is 78.8 cm³/mol. The van der Waals surface area contributed by atoms with Crippen molar-refractivity contribution < 1.29 is 5.21 Å². The number of hydrogen-bond acceptors (Lipinski definition) is 4. The van der Waals surface area contributed by atoms with Gasteiger partial charge in [0.25, 0.3) is 0 Å². The number of nitrogens with zero attached hydrogens (tertiary/aromatic N) is 1. The van der Waals surface area contributed by atoms with Crippen LogP contribution in [0.4, 0.5) is 5.69 Å². The van der Waals surface area contributed by atoms with Crippen LogP contribution >= 0.6 is 0 Å². The van der Waals surface area contributed by atoms with Crippen LogP contribution in [0.1, 0.15) is 5.56 Å². The van der Waals surface area contributed by atoms with Crippen LogP contribution in [0.5, 0.6) is 0 Å². The average Bonchev–Trinajstić information content (AvgIpc) is 2.52. The van der Waals surface area contributed by atoms with Gasteiger partial charge in [-0.1, -0.05) is 48.5 Å². The molecule has 1 atom stereocenters. The zero-order valence-electron chi connectivity index (χ0n) is 10.8. The number of rotatable bonds is 5. The summed E-state index contributed by atoms with van der Waals surface area (Å²) in [6, 6.07) is 21.0. The zero-order chi connectivity index (χ0) is 14.2. The van der Waals surface area contributed by atoms with Crippen molar-refractivity contribution in [3.8, 4) is 6.07 Å². The van der Waals surface area contributed by atoms with Gasteiger partial charge in [-0.25, -0.2) is 0 Å². The molecular weight excluding hydrogens is 250 g/mol. The van der Waals surface area contributed by atoms with E-state index >= 15 is 0 Å². The highest BCUT2D eigenvalue weighted by Crippen LogP contribution is 2.13. The smallest absolute Gasteiger partial charge is 0.136 e. The van der Waals surface area contributed by atoms with E-state index in [-0.39, 0.29) is 0 Å². The molecule has 0 aliphatic rings. The molecule has 0 spiro atoms. The summed E-state index contributed by atoms with van der Waals surface area (Å²) in [5.74, 6) is 0. The number of benzene rings is 2. The molecule has 0 unspecified atom stereocenters. The summed E-state index contributed by atoms with van der Waals surface area (Å²) >= 11 is 0. The van der Waals surface area contributed by atoms with E-state index in [1.807, 2.05) is 60.7 Å². The van der Waals surface area contributed by atoms with E-state index in [2.05, 4.69) is 16.9 Å². The maximum absolute atomic E-state index is 9.26. The van der Waals surface area contributed by atoms with E-state index in [0.29, 0.717) is 5.57 Å². The van der Waals surface area contributed by atoms with Crippen molar-refractivity contribution >= 4 is 11.8 Å². The van der Waals surface area contributed by atoms with Crippen LogP contribution < -0.4 is 10.8 Å². The van der Waals surface area contributed by atoms with Crippen LogP contribution in [0, 0.1) is 11.3 Å². The molecule has 2 aromatic rings. The number of anilines is 1. The summed E-state index contributed by atoms with van der Waals surface area (Å²) in [4.78, 5) is 0. The molecule has 2 aromatic carbocycles. The fourth-order valence-electron chi connectivity index (χ4n) is 1.79. The van der Waals surface area contributed by atoms with Gasteiger partial charge in [0.15, 0.2) is 0 Å². The Bertz CT molecular complexity index is 603. The molecule has 2 rings (SSSR count). The van der Waals surface area contributed by atoms with Crippen molar-refractivity contribution in [2.24, 2.45) is 0 Å². The number of hydrogen-bond donors (Lipinski definition) is 3. The van der Waals surface area contributed by atoms with Gasteiger partial charge in [-0.2, -0.15) is 10.7 Å². The summed E-state index contributed by atoms with van der Waals surface area (Å²) in [6.45, 7) is 0. The fourth-order valence-corrected chi connectivity index (χ4v) is 1.79. The highest BCUT2D eigenvalue weighted by molar-refractivity contribution is 5.60. The fraction of sp³-hybridized carbons (Fsp3) is 0.0625. The number of nitriles is 1. The van der Waals surface area contributed by atoms with Crippen molar-refractivity contribution in [3.63, 3.8) is 0 Å². The molecule has 4 nitrogen and oxygen atoms in total. The van der Waals surface area contributed by atoms with E-state index in [0.717, 1.165) is 11.3 Å². The van der Waals surface area contributed by atoms with Gasteiger partial charge >= 0.3 is 0 Å². The first-order valence-corrected chi connectivity index (χ1v) is 6.21. The summed E-state index contributed by atoms with van der Waals surface area (Å²) < 4.78 is 0. The van der Waals surface area contributed by atoms with Crippen molar-refractivity contribution in [2.45, 2.75) is 6.17 Å². The van der Waals surface area contributed by atoms with Crippen molar-refractivity contribution in [1.82, 2.24) is 5.48 Å². The van der Waals surface area contributed by atoms with Gasteiger partial charge < -0.3 is 10.5 Å². The predicted octanol–water partition coefficient (Wildman–Crippen LogP) is 3.01. The number of nitrogens with one attached hydrogen (secondary N) is 2. The van der Waals surface area contributed by atoms with Gasteiger partial charge in [0, 0.05) is 5.69 Å². The monoisotopic (exact) mass is 265 g/mol. The van der Waals surface area contributed by atoms with E-state index in [9.17, 15) is 10.5 Å². The Kier molecular flexibility index (Phi) is 4.90. The van der Waals surface area contributed by atoms with Crippen molar-refractivity contribution in [3.05, 3.63) is 71.8 Å². The highest BCUT2D eigenvalue weighted by atomic mass is 16.5. The lowest BCUT2D eigenvalue weighted by molar-refractivity contribution is 0.150. The van der Waals surface area contributed by atoms with Crippen LogP contribution in [0.3, 0.4) is 0 Å². The minimum atomic E-state index is -0.664. The van der Waals surface area contributed by atoms with E-state index < -0.39 is 6.17 Å². The Hall–Kier alpha value is -2.61. The Morgan fingerprint density at radius 1 is 1.05 bits per heavy atom. The van der Waals surface area contributed by atoms with Crippen LogP contribution in [0.15, 0.2) is 66.2 Å². The van der Waals surface area contributed by atoms with Gasteiger partial charge in [0.05, 0.1) is 11.6 Å². The molecule has 0 saturated carbocycles. The molecule has 0 fully saturated rings. The molecule has 3 N–H and O–H groups in total. The van der Waals surface area contributed by atoms with Gasteiger partial charge in [-0.15, -0.1) is 0 Å². The first-order chi connectivity index (χ1) is 9.83. The lowest BCUT2D eigenvalue weighted by Gasteiger charge is -2.17. The Morgan fingerprint density at radius 2 is 1.65 bits per heavy atom. The molecule has 0 heterocycles. The average molecular weight is 265 g/mol. The van der Waals surface area contributed by atoms with E-state index in [1.54, 1.807) is 6.08 Å². The first-order valence-electron chi connectivity index (χ1n) is 6.21. The van der Waals surface area contributed by atoms with Gasteiger partial charge in [0.1, 0.15) is 6.17 Å². The molecule has 0 aliphatic heterocycles. The number of hydroxylamine groups is 1. The third kappa shape index (κ3) is 3.69. The van der Waals surface area contributed by atoms with E-state index in [4.69, 9.17) is 0 Å². The molecule has 0 aromatic heterocycles. The minimum Gasteiger partial charge on any atom is -0.364 e. The standard InChI is InChI=1S/C16H15N3O/c17-12-14(11-13-7-3-1-4-8-13)16(19-20)18-15-9-5-2-6-10-15/h1-11,16,18-20H/b14-11+/t16-/m0/s1. The molecule has 100 valence electrons. The molecule has 20 heavy (non-hydrogen) atoms. The first kappa shape index (κ1) is 13.8. The number of para-hydroxylation sites is 1. The van der Waals surface area contributed by atoms with Gasteiger partial charge in [-0.3, -0.25) is 0 Å². The third-order valence-electron chi connectivity index (χ3n) is 2.78. The Morgan fingerprint density at radius 3 is 2.20 bits per heavy atom. The SMILES string of the molecule is N#C/C(=C\c1ccccc1)[C@H](NO)Nc1ccccc1. The van der Waals surface area contributed by atoms with Crippen molar-refractivity contribution in [2.75, 3.05) is 5.32 Å². The second-order valence-corrected chi connectivity index (χ2v) is 4.19. The molecule has 0 saturated heterocycles. The lowest BCUT2D eigenvalue weighted by atomic mass is 10.1.